The van der Waals surface area contributed by atoms with Crippen molar-refractivity contribution in [2.75, 3.05) is 6.54 Å². The van der Waals surface area contributed by atoms with E-state index in [0.717, 1.165) is 34.2 Å². The average Bonchev–Trinajstić information content (AvgIpc) is 2.67. The van der Waals surface area contributed by atoms with Gasteiger partial charge in [-0.25, -0.2) is 0 Å². The molecule has 0 saturated carbocycles. The fourth-order valence-corrected chi connectivity index (χ4v) is 3.20. The number of nitrogens with zero attached hydrogens (tertiary/aromatic N) is 1. The summed E-state index contributed by atoms with van der Waals surface area (Å²) in [5, 5.41) is 2.92. The summed E-state index contributed by atoms with van der Waals surface area (Å²) in [6, 6.07) is 13.6. The zero-order valence-electron chi connectivity index (χ0n) is 17.7. The predicted octanol–water partition coefficient (Wildman–Crippen LogP) is 4.10. The average molecular weight is 381 g/mol. The second-order valence-corrected chi connectivity index (χ2v) is 7.52. The molecule has 0 saturated heterocycles. The van der Waals surface area contributed by atoms with E-state index < -0.39 is 6.04 Å². The molecular formula is C24H32N2O2. The normalized spacial score (nSPS) is 11.8. The number of benzene rings is 2. The highest BCUT2D eigenvalue weighted by atomic mass is 16.2. The molecule has 0 spiro atoms. The third-order valence-corrected chi connectivity index (χ3v) is 5.16. The van der Waals surface area contributed by atoms with Gasteiger partial charge in [-0.1, -0.05) is 55.0 Å². The van der Waals surface area contributed by atoms with Crippen LogP contribution in [0.15, 0.2) is 42.5 Å². The smallest absolute Gasteiger partial charge is 0.242 e. The molecular weight excluding hydrogens is 348 g/mol. The minimum Gasteiger partial charge on any atom is -0.354 e. The Kier molecular flexibility index (Phi) is 7.80. The van der Waals surface area contributed by atoms with Gasteiger partial charge in [0.2, 0.25) is 11.8 Å². The van der Waals surface area contributed by atoms with Crippen LogP contribution in [0.3, 0.4) is 0 Å². The second kappa shape index (κ2) is 10.1. The molecule has 0 aliphatic carbocycles. The summed E-state index contributed by atoms with van der Waals surface area (Å²) >= 11 is 0. The van der Waals surface area contributed by atoms with E-state index in [-0.39, 0.29) is 11.8 Å². The van der Waals surface area contributed by atoms with Crippen LogP contribution in [0.4, 0.5) is 0 Å². The molecule has 0 unspecified atom stereocenters. The zero-order valence-corrected chi connectivity index (χ0v) is 17.7. The van der Waals surface area contributed by atoms with E-state index in [2.05, 4.69) is 17.4 Å². The Balaban J connectivity index is 2.28. The lowest BCUT2D eigenvalue weighted by Gasteiger charge is -2.29. The number of aryl methyl sites for hydroxylation is 3. The van der Waals surface area contributed by atoms with Crippen molar-refractivity contribution in [1.82, 2.24) is 10.2 Å². The van der Waals surface area contributed by atoms with Gasteiger partial charge < -0.3 is 10.2 Å². The molecule has 0 bridgehead atoms. The molecule has 2 aromatic carbocycles. The van der Waals surface area contributed by atoms with E-state index in [0.29, 0.717) is 19.5 Å². The molecule has 2 rings (SSSR count). The van der Waals surface area contributed by atoms with Crippen molar-refractivity contribution in [3.05, 3.63) is 70.3 Å². The van der Waals surface area contributed by atoms with E-state index in [4.69, 9.17) is 0 Å². The summed E-state index contributed by atoms with van der Waals surface area (Å²) < 4.78 is 0. The van der Waals surface area contributed by atoms with Crippen molar-refractivity contribution < 1.29 is 9.59 Å². The molecule has 150 valence electrons. The maximum atomic E-state index is 13.3. The van der Waals surface area contributed by atoms with Gasteiger partial charge in [0.05, 0.1) is 6.42 Å². The lowest BCUT2D eigenvalue weighted by molar-refractivity contribution is -0.140. The van der Waals surface area contributed by atoms with Crippen LogP contribution in [0, 0.1) is 20.8 Å². The van der Waals surface area contributed by atoms with Crippen molar-refractivity contribution in [3.8, 4) is 0 Å². The number of nitrogens with one attached hydrogen (secondary N) is 1. The lowest BCUT2D eigenvalue weighted by atomic mass is 10.0. The third-order valence-electron chi connectivity index (χ3n) is 5.16. The number of rotatable bonds is 8. The first-order valence-corrected chi connectivity index (χ1v) is 10.0. The summed E-state index contributed by atoms with van der Waals surface area (Å²) in [6.45, 7) is 10.9. The Labute approximate surface area is 169 Å². The van der Waals surface area contributed by atoms with Crippen LogP contribution in [0.25, 0.3) is 0 Å². The fraction of sp³-hybridized carbons (Fsp3) is 0.417. The van der Waals surface area contributed by atoms with Gasteiger partial charge in [0.1, 0.15) is 6.04 Å². The van der Waals surface area contributed by atoms with Crippen LogP contribution in [0.2, 0.25) is 0 Å². The molecule has 1 atom stereocenters. The van der Waals surface area contributed by atoms with Gasteiger partial charge in [-0.2, -0.15) is 0 Å². The van der Waals surface area contributed by atoms with Crippen LogP contribution in [0.1, 0.15) is 48.1 Å². The van der Waals surface area contributed by atoms with Gasteiger partial charge in [-0.15, -0.1) is 0 Å². The van der Waals surface area contributed by atoms with Crippen LogP contribution in [-0.4, -0.2) is 29.3 Å². The second-order valence-electron chi connectivity index (χ2n) is 7.52. The van der Waals surface area contributed by atoms with Gasteiger partial charge in [0, 0.05) is 13.1 Å². The van der Waals surface area contributed by atoms with Crippen molar-refractivity contribution in [2.24, 2.45) is 0 Å². The molecule has 0 heterocycles. The Morgan fingerprint density at radius 2 is 1.68 bits per heavy atom. The zero-order chi connectivity index (χ0) is 20.7. The Hall–Kier alpha value is -2.62. The van der Waals surface area contributed by atoms with Crippen LogP contribution >= 0.6 is 0 Å². The molecule has 2 amide bonds. The van der Waals surface area contributed by atoms with Gasteiger partial charge >= 0.3 is 0 Å². The number of carbonyl (C=O) groups excluding carboxylic acids is 2. The fourth-order valence-electron chi connectivity index (χ4n) is 3.20. The molecule has 0 radical (unpaired) electrons. The topological polar surface area (TPSA) is 49.4 Å². The molecule has 0 aliphatic rings. The van der Waals surface area contributed by atoms with Crippen LogP contribution in [-0.2, 0) is 22.6 Å². The lowest BCUT2D eigenvalue weighted by Crippen LogP contribution is -2.48. The maximum absolute atomic E-state index is 13.3. The highest BCUT2D eigenvalue weighted by molar-refractivity contribution is 5.88. The summed E-state index contributed by atoms with van der Waals surface area (Å²) in [6.07, 6.45) is 1.16. The third kappa shape index (κ3) is 5.69. The van der Waals surface area contributed by atoms with Gasteiger partial charge in [-0.3, -0.25) is 9.59 Å². The van der Waals surface area contributed by atoms with E-state index in [9.17, 15) is 9.59 Å². The minimum absolute atomic E-state index is 0.0314. The minimum atomic E-state index is -0.524. The number of carbonyl (C=O) groups is 2. The first kappa shape index (κ1) is 21.7. The van der Waals surface area contributed by atoms with E-state index in [1.54, 1.807) is 4.90 Å². The molecule has 2 aromatic rings. The Morgan fingerprint density at radius 3 is 2.36 bits per heavy atom. The van der Waals surface area contributed by atoms with Crippen molar-refractivity contribution >= 4 is 11.8 Å². The molecule has 28 heavy (non-hydrogen) atoms. The monoisotopic (exact) mass is 380 g/mol. The summed E-state index contributed by atoms with van der Waals surface area (Å²) in [7, 11) is 0. The quantitative estimate of drug-likeness (QED) is 0.750. The molecule has 1 N–H and O–H groups in total. The number of hydrogen-bond donors (Lipinski definition) is 1. The predicted molar refractivity (Wildman–Crippen MR) is 114 cm³/mol. The van der Waals surface area contributed by atoms with Crippen molar-refractivity contribution in [3.63, 3.8) is 0 Å². The summed E-state index contributed by atoms with van der Waals surface area (Å²) in [5.41, 5.74) is 5.42. The molecule has 0 aliphatic heterocycles. The SMILES string of the molecule is CCCNC(=O)[C@H](C)N(Cc1ccccc1C)C(=O)Cc1cc(C)ccc1C. The largest absolute Gasteiger partial charge is 0.354 e. The first-order valence-electron chi connectivity index (χ1n) is 10.0. The van der Waals surface area contributed by atoms with E-state index in [1.807, 2.05) is 65.0 Å². The van der Waals surface area contributed by atoms with E-state index >= 15 is 0 Å². The maximum Gasteiger partial charge on any atom is 0.242 e. The molecule has 4 nitrogen and oxygen atoms in total. The van der Waals surface area contributed by atoms with Gasteiger partial charge in [0.15, 0.2) is 0 Å². The van der Waals surface area contributed by atoms with Gasteiger partial charge in [-0.05, 0) is 56.4 Å². The highest BCUT2D eigenvalue weighted by Crippen LogP contribution is 2.17. The summed E-state index contributed by atoms with van der Waals surface area (Å²) in [4.78, 5) is 27.6. The molecule has 0 aromatic heterocycles. The Morgan fingerprint density at radius 1 is 1.00 bits per heavy atom. The van der Waals surface area contributed by atoms with Crippen LogP contribution in [0.5, 0.6) is 0 Å². The van der Waals surface area contributed by atoms with E-state index in [1.165, 1.54) is 0 Å². The van der Waals surface area contributed by atoms with Crippen LogP contribution < -0.4 is 5.32 Å². The highest BCUT2D eigenvalue weighted by Gasteiger charge is 2.26. The van der Waals surface area contributed by atoms with Crippen molar-refractivity contribution in [2.45, 2.75) is 60.0 Å². The number of hydrogen-bond acceptors (Lipinski definition) is 2. The summed E-state index contributed by atoms with van der Waals surface area (Å²) in [5.74, 6) is -0.138. The standard InChI is InChI=1S/C24H32N2O2/c1-6-13-25-24(28)20(5)26(16-21-10-8-7-9-18(21)3)23(27)15-22-14-17(2)11-12-19(22)4/h7-12,14,20H,6,13,15-16H2,1-5H3,(H,25,28)/t20-/m0/s1. The number of amides is 2. The van der Waals surface area contributed by atoms with Gasteiger partial charge in [0.25, 0.3) is 0 Å². The molecule has 0 fully saturated rings. The van der Waals surface area contributed by atoms with Crippen molar-refractivity contribution in [1.29, 1.82) is 0 Å². The molecule has 4 heteroatoms. The first-order chi connectivity index (χ1) is 13.3. The Bertz CT molecular complexity index is 829.